The number of benzene rings is 3. The second kappa shape index (κ2) is 7.38. The van der Waals surface area contributed by atoms with Gasteiger partial charge in [-0.25, -0.2) is 22.3 Å². The second-order valence-corrected chi connectivity index (χ2v) is 8.27. The number of anilines is 1. The van der Waals surface area contributed by atoms with E-state index in [0.29, 0.717) is 12.1 Å². The summed E-state index contributed by atoms with van der Waals surface area (Å²) in [6.45, 7) is 0. The van der Waals surface area contributed by atoms with E-state index in [1.807, 2.05) is 6.07 Å². The van der Waals surface area contributed by atoms with Crippen LogP contribution < -0.4 is 10.1 Å². The van der Waals surface area contributed by atoms with E-state index in [-0.39, 0.29) is 22.6 Å². The van der Waals surface area contributed by atoms with Gasteiger partial charge in [0.05, 0.1) is 22.3 Å². The number of halogens is 2. The molecule has 0 unspecified atom stereocenters. The summed E-state index contributed by atoms with van der Waals surface area (Å²) in [6, 6.07) is 18.0. The predicted molar refractivity (Wildman–Crippen MR) is 107 cm³/mol. The van der Waals surface area contributed by atoms with Crippen molar-refractivity contribution in [3.05, 3.63) is 95.6 Å². The minimum atomic E-state index is -3.81. The summed E-state index contributed by atoms with van der Waals surface area (Å²) >= 11 is 0. The molecule has 2 N–H and O–H groups in total. The maximum Gasteiger partial charge on any atom is 0.238 e. The van der Waals surface area contributed by atoms with E-state index in [0.717, 1.165) is 16.8 Å². The van der Waals surface area contributed by atoms with Gasteiger partial charge in [-0.15, -0.1) is 0 Å². The van der Waals surface area contributed by atoms with E-state index in [2.05, 4.69) is 5.10 Å². The summed E-state index contributed by atoms with van der Waals surface area (Å²) in [7, 11) is -3.81. The zero-order valence-electron chi connectivity index (χ0n) is 15.2. The van der Waals surface area contributed by atoms with Crippen LogP contribution in [0.5, 0.6) is 0 Å². The normalized spacial score (nSPS) is 16.7. The van der Waals surface area contributed by atoms with Gasteiger partial charge < -0.3 is 0 Å². The van der Waals surface area contributed by atoms with E-state index in [9.17, 15) is 17.2 Å². The minimum Gasteiger partial charge on any atom is -0.257 e. The van der Waals surface area contributed by atoms with Crippen LogP contribution in [0.2, 0.25) is 0 Å². The van der Waals surface area contributed by atoms with Crippen molar-refractivity contribution in [2.45, 2.75) is 17.4 Å². The highest BCUT2D eigenvalue weighted by molar-refractivity contribution is 7.89. The molecule has 0 bridgehead atoms. The topological polar surface area (TPSA) is 75.8 Å². The van der Waals surface area contributed by atoms with Crippen LogP contribution in [0, 0.1) is 11.6 Å². The fraction of sp³-hybridized carbons (Fsp3) is 0.0952. The van der Waals surface area contributed by atoms with Crippen LogP contribution >= 0.6 is 0 Å². The maximum absolute atomic E-state index is 13.8. The first-order chi connectivity index (χ1) is 13.8. The number of hydrogen-bond acceptors (Lipinski definition) is 4. The van der Waals surface area contributed by atoms with Gasteiger partial charge in [-0.3, -0.25) is 5.01 Å². The predicted octanol–water partition coefficient (Wildman–Crippen LogP) is 3.97. The van der Waals surface area contributed by atoms with Gasteiger partial charge in [0, 0.05) is 6.42 Å². The SMILES string of the molecule is NS(=O)(=O)c1ccc(N2N=C(c3ccc(F)cc3)C[C@@H]2c2cccc(F)c2)cc1. The van der Waals surface area contributed by atoms with Crippen molar-refractivity contribution < 1.29 is 17.2 Å². The molecule has 0 radical (unpaired) electrons. The Labute approximate surface area is 167 Å². The van der Waals surface area contributed by atoms with Gasteiger partial charge >= 0.3 is 0 Å². The third-order valence-corrected chi connectivity index (χ3v) is 5.68. The van der Waals surface area contributed by atoms with Gasteiger partial charge in [0.25, 0.3) is 0 Å². The summed E-state index contributed by atoms with van der Waals surface area (Å²) in [4.78, 5) is -0.00881. The molecule has 0 aliphatic carbocycles. The van der Waals surface area contributed by atoms with Gasteiger partial charge in [-0.05, 0) is 59.7 Å². The molecule has 3 aromatic rings. The summed E-state index contributed by atoms with van der Waals surface area (Å²) in [5.74, 6) is -0.702. The fourth-order valence-electron chi connectivity index (χ4n) is 3.33. The molecule has 1 aliphatic heterocycles. The summed E-state index contributed by atoms with van der Waals surface area (Å²) < 4.78 is 50.1. The molecule has 5 nitrogen and oxygen atoms in total. The van der Waals surface area contributed by atoms with Crippen LogP contribution in [0.1, 0.15) is 23.6 Å². The van der Waals surface area contributed by atoms with Crippen LogP contribution in [0.3, 0.4) is 0 Å². The van der Waals surface area contributed by atoms with Crippen molar-refractivity contribution in [1.29, 1.82) is 0 Å². The Balaban J connectivity index is 1.75. The molecule has 0 amide bonds. The third-order valence-electron chi connectivity index (χ3n) is 4.75. The highest BCUT2D eigenvalue weighted by atomic mass is 32.2. The van der Waals surface area contributed by atoms with Crippen molar-refractivity contribution in [1.82, 2.24) is 0 Å². The lowest BCUT2D eigenvalue weighted by atomic mass is 9.98. The lowest BCUT2D eigenvalue weighted by Gasteiger charge is -2.24. The number of nitrogens with two attached hydrogens (primary N) is 1. The Bertz CT molecular complexity index is 1180. The van der Waals surface area contributed by atoms with Crippen LogP contribution in [0.15, 0.2) is 82.8 Å². The number of sulfonamides is 1. The first-order valence-electron chi connectivity index (χ1n) is 8.82. The molecular weight excluding hydrogens is 396 g/mol. The highest BCUT2D eigenvalue weighted by Crippen LogP contribution is 2.37. The van der Waals surface area contributed by atoms with Crippen molar-refractivity contribution in [3.8, 4) is 0 Å². The monoisotopic (exact) mass is 413 g/mol. The van der Waals surface area contributed by atoms with Crippen molar-refractivity contribution in [2.75, 3.05) is 5.01 Å². The van der Waals surface area contributed by atoms with E-state index >= 15 is 0 Å². The summed E-state index contributed by atoms with van der Waals surface area (Å²) in [5.41, 5.74) is 2.83. The number of nitrogens with zero attached hydrogens (tertiary/aromatic N) is 2. The van der Waals surface area contributed by atoms with E-state index in [1.165, 1.54) is 36.4 Å². The lowest BCUT2D eigenvalue weighted by molar-refractivity contribution is 0.597. The van der Waals surface area contributed by atoms with Crippen molar-refractivity contribution >= 4 is 21.4 Å². The maximum atomic E-state index is 13.8. The second-order valence-electron chi connectivity index (χ2n) is 6.71. The number of rotatable bonds is 4. The van der Waals surface area contributed by atoms with Gasteiger partial charge in [-0.1, -0.05) is 24.3 Å². The van der Waals surface area contributed by atoms with Crippen molar-refractivity contribution in [2.24, 2.45) is 10.2 Å². The van der Waals surface area contributed by atoms with Crippen LogP contribution in [-0.4, -0.2) is 14.1 Å². The first kappa shape index (κ1) is 19.2. The molecule has 1 heterocycles. The first-order valence-corrected chi connectivity index (χ1v) is 10.4. The third kappa shape index (κ3) is 4.03. The molecule has 1 atom stereocenters. The van der Waals surface area contributed by atoms with Gasteiger partial charge in [-0.2, -0.15) is 5.10 Å². The molecule has 8 heteroatoms. The molecule has 0 spiro atoms. The van der Waals surface area contributed by atoms with Gasteiger partial charge in [0.1, 0.15) is 11.6 Å². The Kier molecular flexibility index (Phi) is 4.89. The standard InChI is InChI=1S/C21H17F2N3O2S/c22-16-6-4-14(5-7-16)20-13-21(15-2-1-3-17(23)12-15)26(25-20)18-8-10-19(11-9-18)29(24,27)28/h1-12,21H,13H2,(H2,24,27,28)/t21-/m1/s1. The molecule has 0 fully saturated rings. The molecule has 29 heavy (non-hydrogen) atoms. The minimum absolute atomic E-state index is 0.00881. The molecule has 1 aliphatic rings. The molecule has 0 saturated heterocycles. The van der Waals surface area contributed by atoms with Crippen LogP contribution in [-0.2, 0) is 10.0 Å². The van der Waals surface area contributed by atoms with Crippen molar-refractivity contribution in [3.63, 3.8) is 0 Å². The quantitative estimate of drug-likeness (QED) is 0.703. The summed E-state index contributed by atoms with van der Waals surface area (Å²) in [5, 5.41) is 11.5. The Morgan fingerprint density at radius 2 is 1.62 bits per heavy atom. The largest absolute Gasteiger partial charge is 0.257 e. The van der Waals surface area contributed by atoms with Gasteiger partial charge in [0.2, 0.25) is 10.0 Å². The molecule has 0 aromatic heterocycles. The van der Waals surface area contributed by atoms with E-state index in [4.69, 9.17) is 5.14 Å². The van der Waals surface area contributed by atoms with Crippen LogP contribution in [0.25, 0.3) is 0 Å². The van der Waals surface area contributed by atoms with Crippen LogP contribution in [0.4, 0.5) is 14.5 Å². The molecule has 3 aromatic carbocycles. The van der Waals surface area contributed by atoms with E-state index < -0.39 is 10.0 Å². The Morgan fingerprint density at radius 1 is 0.931 bits per heavy atom. The highest BCUT2D eigenvalue weighted by Gasteiger charge is 2.30. The van der Waals surface area contributed by atoms with E-state index in [1.54, 1.807) is 35.3 Å². The summed E-state index contributed by atoms with van der Waals surface area (Å²) in [6.07, 6.45) is 0.478. The zero-order valence-corrected chi connectivity index (χ0v) is 16.0. The molecule has 0 saturated carbocycles. The smallest absolute Gasteiger partial charge is 0.238 e. The Morgan fingerprint density at radius 3 is 2.24 bits per heavy atom. The number of hydrogen-bond donors (Lipinski definition) is 1. The molecular formula is C21H17F2N3O2S. The lowest BCUT2D eigenvalue weighted by Crippen LogP contribution is -2.19. The average Bonchev–Trinajstić information content (AvgIpc) is 3.13. The fourth-order valence-corrected chi connectivity index (χ4v) is 3.84. The molecule has 4 rings (SSSR count). The zero-order chi connectivity index (χ0) is 20.6. The average molecular weight is 413 g/mol. The van der Waals surface area contributed by atoms with Gasteiger partial charge in [0.15, 0.2) is 0 Å². The number of primary sulfonamides is 1. The molecule has 148 valence electrons. The number of hydrazone groups is 1. The Hall–Kier alpha value is -3.10.